The number of hydrogen-bond acceptors (Lipinski definition) is 3. The molecule has 3 heteroatoms. The molecule has 0 bridgehead atoms. The summed E-state index contributed by atoms with van der Waals surface area (Å²) in [5, 5.41) is 8.82. The standard InChI is InChI=1S/C12H20N2O/c1-14(7-8-15)10-12(9-13)11-5-3-2-4-6-11/h2-6,12,15H,7-10,13H2,1H3. The van der Waals surface area contributed by atoms with Gasteiger partial charge in [0.25, 0.3) is 0 Å². The summed E-state index contributed by atoms with van der Waals surface area (Å²) in [4.78, 5) is 2.10. The lowest BCUT2D eigenvalue weighted by Crippen LogP contribution is -2.30. The number of nitrogens with zero attached hydrogens (tertiary/aromatic N) is 1. The summed E-state index contributed by atoms with van der Waals surface area (Å²) < 4.78 is 0. The van der Waals surface area contributed by atoms with Gasteiger partial charge in [0.1, 0.15) is 0 Å². The van der Waals surface area contributed by atoms with Crippen LogP contribution in [-0.4, -0.2) is 43.3 Å². The number of nitrogens with two attached hydrogens (primary N) is 1. The molecule has 0 fully saturated rings. The van der Waals surface area contributed by atoms with Gasteiger partial charge in [0, 0.05) is 25.6 Å². The van der Waals surface area contributed by atoms with Gasteiger partial charge in [0.2, 0.25) is 0 Å². The lowest BCUT2D eigenvalue weighted by molar-refractivity contribution is 0.215. The van der Waals surface area contributed by atoms with Crippen molar-refractivity contribution in [1.82, 2.24) is 4.90 Å². The Kier molecular flexibility index (Phi) is 5.32. The predicted molar refractivity (Wildman–Crippen MR) is 62.8 cm³/mol. The van der Waals surface area contributed by atoms with Gasteiger partial charge in [-0.25, -0.2) is 0 Å². The van der Waals surface area contributed by atoms with Crippen LogP contribution in [0.25, 0.3) is 0 Å². The van der Waals surface area contributed by atoms with Crippen LogP contribution < -0.4 is 5.73 Å². The molecule has 1 aromatic carbocycles. The van der Waals surface area contributed by atoms with Crippen molar-refractivity contribution in [2.75, 3.05) is 33.3 Å². The van der Waals surface area contributed by atoms with Gasteiger partial charge in [-0.2, -0.15) is 0 Å². The first-order valence-corrected chi connectivity index (χ1v) is 5.32. The van der Waals surface area contributed by atoms with Gasteiger partial charge in [0.15, 0.2) is 0 Å². The van der Waals surface area contributed by atoms with Crippen LogP contribution in [0.5, 0.6) is 0 Å². The Morgan fingerprint density at radius 1 is 1.33 bits per heavy atom. The summed E-state index contributed by atoms with van der Waals surface area (Å²) >= 11 is 0. The molecule has 0 aliphatic heterocycles. The monoisotopic (exact) mass is 208 g/mol. The molecule has 3 N–H and O–H groups in total. The summed E-state index contributed by atoms with van der Waals surface area (Å²) in [5.41, 5.74) is 7.03. The Bertz CT molecular complexity index is 264. The van der Waals surface area contributed by atoms with Crippen LogP contribution in [0.3, 0.4) is 0 Å². The average molecular weight is 208 g/mol. The van der Waals surface area contributed by atoms with E-state index in [0.717, 1.165) is 6.54 Å². The van der Waals surface area contributed by atoms with Crippen molar-refractivity contribution in [2.45, 2.75) is 5.92 Å². The molecular weight excluding hydrogens is 188 g/mol. The number of likely N-dealkylation sites (N-methyl/N-ethyl adjacent to an activating group) is 1. The molecule has 0 spiro atoms. The molecule has 84 valence electrons. The number of aliphatic hydroxyl groups is 1. The smallest absolute Gasteiger partial charge is 0.0558 e. The van der Waals surface area contributed by atoms with Crippen molar-refractivity contribution < 1.29 is 5.11 Å². The Morgan fingerprint density at radius 3 is 2.53 bits per heavy atom. The molecule has 1 atom stereocenters. The fourth-order valence-electron chi connectivity index (χ4n) is 1.68. The molecule has 0 saturated carbocycles. The van der Waals surface area contributed by atoms with Crippen molar-refractivity contribution in [2.24, 2.45) is 5.73 Å². The van der Waals surface area contributed by atoms with Crippen LogP contribution in [0, 0.1) is 0 Å². The van der Waals surface area contributed by atoms with Crippen molar-refractivity contribution in [3.63, 3.8) is 0 Å². The van der Waals surface area contributed by atoms with Crippen LogP contribution >= 0.6 is 0 Å². The summed E-state index contributed by atoms with van der Waals surface area (Å²) in [7, 11) is 2.00. The maximum atomic E-state index is 8.82. The normalized spacial score (nSPS) is 13.1. The SMILES string of the molecule is CN(CCO)CC(CN)c1ccccc1. The third-order valence-electron chi connectivity index (χ3n) is 2.57. The molecular formula is C12H20N2O. The molecule has 0 heterocycles. The van der Waals surface area contributed by atoms with Crippen molar-refractivity contribution in [3.8, 4) is 0 Å². The predicted octanol–water partition coefficient (Wildman–Crippen LogP) is 0.653. The van der Waals surface area contributed by atoms with Gasteiger partial charge >= 0.3 is 0 Å². The quantitative estimate of drug-likeness (QED) is 0.722. The van der Waals surface area contributed by atoms with E-state index in [4.69, 9.17) is 10.8 Å². The van der Waals surface area contributed by atoms with Crippen molar-refractivity contribution >= 4 is 0 Å². The molecule has 1 rings (SSSR count). The lowest BCUT2D eigenvalue weighted by Gasteiger charge is -2.22. The van der Waals surface area contributed by atoms with Gasteiger partial charge in [0.05, 0.1) is 6.61 Å². The fraction of sp³-hybridized carbons (Fsp3) is 0.500. The molecule has 0 radical (unpaired) electrons. The van der Waals surface area contributed by atoms with Crippen molar-refractivity contribution in [3.05, 3.63) is 35.9 Å². The summed E-state index contributed by atoms with van der Waals surface area (Å²) in [6, 6.07) is 10.3. The maximum Gasteiger partial charge on any atom is 0.0558 e. The van der Waals surface area contributed by atoms with Gasteiger partial charge in [-0.3, -0.25) is 0 Å². The van der Waals surface area contributed by atoms with E-state index < -0.39 is 0 Å². The third kappa shape index (κ3) is 4.00. The minimum atomic E-state index is 0.197. The second-order valence-electron chi connectivity index (χ2n) is 3.83. The maximum absolute atomic E-state index is 8.82. The van der Waals surface area contributed by atoms with Gasteiger partial charge in [-0.15, -0.1) is 0 Å². The first kappa shape index (κ1) is 12.2. The second-order valence-corrected chi connectivity index (χ2v) is 3.83. The van der Waals surface area contributed by atoms with Crippen LogP contribution in [0.1, 0.15) is 11.5 Å². The Morgan fingerprint density at radius 2 is 2.00 bits per heavy atom. The Labute approximate surface area is 91.5 Å². The molecule has 3 nitrogen and oxygen atoms in total. The molecule has 0 saturated heterocycles. The third-order valence-corrected chi connectivity index (χ3v) is 2.57. The summed E-state index contributed by atoms with van der Waals surface area (Å²) in [6.07, 6.45) is 0. The van der Waals surface area contributed by atoms with E-state index >= 15 is 0 Å². The van der Waals surface area contributed by atoms with E-state index in [1.54, 1.807) is 0 Å². The first-order chi connectivity index (χ1) is 7.27. The molecule has 0 amide bonds. The average Bonchev–Trinajstić information content (AvgIpc) is 2.27. The van der Waals surface area contributed by atoms with Crippen molar-refractivity contribution in [1.29, 1.82) is 0 Å². The number of benzene rings is 1. The highest BCUT2D eigenvalue weighted by Crippen LogP contribution is 2.14. The highest BCUT2D eigenvalue weighted by Gasteiger charge is 2.11. The van der Waals surface area contributed by atoms with E-state index in [9.17, 15) is 0 Å². The zero-order valence-electron chi connectivity index (χ0n) is 9.26. The van der Waals surface area contributed by atoms with Crippen LogP contribution in [0.15, 0.2) is 30.3 Å². The molecule has 1 aromatic rings. The van der Waals surface area contributed by atoms with E-state index in [1.807, 2.05) is 25.2 Å². The zero-order chi connectivity index (χ0) is 11.1. The van der Waals surface area contributed by atoms with Crippen LogP contribution in [0.2, 0.25) is 0 Å². The van der Waals surface area contributed by atoms with Gasteiger partial charge in [-0.05, 0) is 12.6 Å². The lowest BCUT2D eigenvalue weighted by atomic mass is 9.99. The number of rotatable bonds is 6. The Balaban J connectivity index is 2.56. The van der Waals surface area contributed by atoms with Crippen LogP contribution in [-0.2, 0) is 0 Å². The number of hydrogen-bond donors (Lipinski definition) is 2. The molecule has 0 aliphatic carbocycles. The van der Waals surface area contributed by atoms with Gasteiger partial charge < -0.3 is 15.7 Å². The van der Waals surface area contributed by atoms with Crippen LogP contribution in [0.4, 0.5) is 0 Å². The molecule has 0 aliphatic rings. The Hall–Kier alpha value is -0.900. The highest BCUT2D eigenvalue weighted by molar-refractivity contribution is 5.20. The van der Waals surface area contributed by atoms with E-state index in [-0.39, 0.29) is 6.61 Å². The molecule has 1 unspecified atom stereocenters. The van der Waals surface area contributed by atoms with E-state index in [1.165, 1.54) is 5.56 Å². The summed E-state index contributed by atoms with van der Waals surface area (Å²) in [6.45, 7) is 2.42. The minimum Gasteiger partial charge on any atom is -0.395 e. The van der Waals surface area contributed by atoms with E-state index in [0.29, 0.717) is 19.0 Å². The second kappa shape index (κ2) is 6.56. The first-order valence-electron chi connectivity index (χ1n) is 5.32. The highest BCUT2D eigenvalue weighted by atomic mass is 16.3. The minimum absolute atomic E-state index is 0.197. The van der Waals surface area contributed by atoms with E-state index in [2.05, 4.69) is 17.0 Å². The summed E-state index contributed by atoms with van der Waals surface area (Å²) in [5.74, 6) is 0.350. The fourth-order valence-corrected chi connectivity index (χ4v) is 1.68. The topological polar surface area (TPSA) is 49.5 Å². The largest absolute Gasteiger partial charge is 0.395 e. The molecule has 15 heavy (non-hydrogen) atoms. The molecule has 0 aromatic heterocycles. The van der Waals surface area contributed by atoms with Gasteiger partial charge in [-0.1, -0.05) is 30.3 Å². The number of aliphatic hydroxyl groups excluding tert-OH is 1. The zero-order valence-corrected chi connectivity index (χ0v) is 9.26.